The molecule has 0 atom stereocenters. The number of nitrogens with zero attached hydrogens (tertiary/aromatic N) is 1. The van der Waals surface area contributed by atoms with E-state index >= 15 is 0 Å². The maximum absolute atomic E-state index is 3.19. The van der Waals surface area contributed by atoms with Crippen molar-refractivity contribution in [3.05, 3.63) is 29.8 Å². The molecule has 1 saturated carbocycles. The van der Waals surface area contributed by atoms with Crippen LogP contribution in [0.1, 0.15) is 44.6 Å². The van der Waals surface area contributed by atoms with Gasteiger partial charge in [-0.2, -0.15) is 0 Å². The number of anilines is 1. The third kappa shape index (κ3) is 3.73. The molecule has 1 fully saturated rings. The summed E-state index contributed by atoms with van der Waals surface area (Å²) in [7, 11) is 4.25. The van der Waals surface area contributed by atoms with Crippen LogP contribution >= 0.6 is 0 Å². The molecule has 0 saturated heterocycles. The van der Waals surface area contributed by atoms with Gasteiger partial charge in [-0.25, -0.2) is 0 Å². The van der Waals surface area contributed by atoms with Gasteiger partial charge in [0.05, 0.1) is 0 Å². The number of benzene rings is 1. The Bertz CT molecular complexity index is 363. The second-order valence-corrected chi connectivity index (χ2v) is 5.89. The molecule has 1 aromatic rings. The zero-order valence-corrected chi connectivity index (χ0v) is 12.7. The van der Waals surface area contributed by atoms with E-state index in [4.69, 9.17) is 0 Å². The van der Waals surface area contributed by atoms with Crippen molar-refractivity contribution < 1.29 is 0 Å². The van der Waals surface area contributed by atoms with Crippen LogP contribution in [-0.2, 0) is 6.54 Å². The lowest BCUT2D eigenvalue weighted by Gasteiger charge is -2.36. The van der Waals surface area contributed by atoms with Crippen molar-refractivity contribution in [1.82, 2.24) is 5.32 Å². The van der Waals surface area contributed by atoms with Crippen molar-refractivity contribution in [3.8, 4) is 0 Å². The molecule has 0 aliphatic heterocycles. The van der Waals surface area contributed by atoms with E-state index in [1.807, 2.05) is 7.05 Å². The average molecular weight is 260 g/mol. The van der Waals surface area contributed by atoms with Crippen molar-refractivity contribution >= 4 is 5.69 Å². The maximum atomic E-state index is 3.19. The van der Waals surface area contributed by atoms with E-state index in [2.05, 4.69) is 48.5 Å². The molecule has 106 valence electrons. The monoisotopic (exact) mass is 260 g/mol. The first-order chi connectivity index (χ1) is 9.24. The lowest BCUT2D eigenvalue weighted by Crippen LogP contribution is -2.35. The van der Waals surface area contributed by atoms with Crippen LogP contribution in [0.25, 0.3) is 0 Å². The zero-order valence-electron chi connectivity index (χ0n) is 12.7. The van der Waals surface area contributed by atoms with E-state index in [1.54, 1.807) is 0 Å². The molecule has 1 aromatic carbocycles. The predicted molar refractivity (Wildman–Crippen MR) is 83.6 cm³/mol. The van der Waals surface area contributed by atoms with Gasteiger partial charge < -0.3 is 10.2 Å². The second kappa shape index (κ2) is 6.95. The van der Waals surface area contributed by atoms with Gasteiger partial charge >= 0.3 is 0 Å². The van der Waals surface area contributed by atoms with Crippen molar-refractivity contribution in [3.63, 3.8) is 0 Å². The van der Waals surface area contributed by atoms with Crippen LogP contribution in [-0.4, -0.2) is 20.1 Å². The summed E-state index contributed by atoms with van der Waals surface area (Å²) in [5.74, 6) is 0.975. The first-order valence-electron chi connectivity index (χ1n) is 7.71. The molecule has 0 aromatic heterocycles. The Morgan fingerprint density at radius 2 is 1.74 bits per heavy atom. The van der Waals surface area contributed by atoms with Gasteiger partial charge in [-0.05, 0) is 56.3 Å². The molecule has 0 amide bonds. The Kier molecular flexibility index (Phi) is 5.26. The normalized spacial score (nSPS) is 23.3. The van der Waals surface area contributed by atoms with Crippen LogP contribution in [0.3, 0.4) is 0 Å². The molecule has 19 heavy (non-hydrogen) atoms. The number of hydrogen-bond acceptors (Lipinski definition) is 2. The third-order valence-corrected chi connectivity index (χ3v) is 4.67. The molecule has 2 nitrogen and oxygen atoms in total. The molecule has 1 aliphatic carbocycles. The summed E-state index contributed by atoms with van der Waals surface area (Å²) in [5.41, 5.74) is 2.72. The highest BCUT2D eigenvalue weighted by Gasteiger charge is 2.23. The van der Waals surface area contributed by atoms with Crippen LogP contribution in [0, 0.1) is 5.92 Å². The van der Waals surface area contributed by atoms with E-state index in [9.17, 15) is 0 Å². The predicted octanol–water partition coefficient (Wildman–Crippen LogP) is 3.81. The van der Waals surface area contributed by atoms with Crippen LogP contribution in [0.2, 0.25) is 0 Å². The minimum atomic E-state index is 0.734. The number of rotatable bonds is 5. The van der Waals surface area contributed by atoms with Crippen molar-refractivity contribution in [1.29, 1.82) is 0 Å². The zero-order chi connectivity index (χ0) is 13.7. The smallest absolute Gasteiger partial charge is 0.0366 e. The Morgan fingerprint density at radius 3 is 2.26 bits per heavy atom. The van der Waals surface area contributed by atoms with Gasteiger partial charge in [0, 0.05) is 25.3 Å². The molecule has 2 rings (SSSR count). The molecule has 0 spiro atoms. The molecular weight excluding hydrogens is 232 g/mol. The average Bonchev–Trinajstić information content (AvgIpc) is 2.48. The molecular formula is C17H28N2. The highest BCUT2D eigenvalue weighted by Crippen LogP contribution is 2.31. The van der Waals surface area contributed by atoms with Crippen LogP contribution < -0.4 is 10.2 Å². The first kappa shape index (κ1) is 14.4. The van der Waals surface area contributed by atoms with E-state index < -0.39 is 0 Å². The maximum Gasteiger partial charge on any atom is 0.0366 e. The van der Waals surface area contributed by atoms with Gasteiger partial charge in [-0.15, -0.1) is 0 Å². The van der Waals surface area contributed by atoms with Crippen LogP contribution in [0.5, 0.6) is 0 Å². The Balaban J connectivity index is 1.94. The molecule has 0 unspecified atom stereocenters. The summed E-state index contributed by atoms with van der Waals surface area (Å²) in [5, 5.41) is 3.19. The summed E-state index contributed by atoms with van der Waals surface area (Å²) in [6, 6.07) is 9.73. The number of nitrogens with one attached hydrogen (secondary N) is 1. The summed E-state index contributed by atoms with van der Waals surface area (Å²) < 4.78 is 0. The Labute approximate surface area is 118 Å². The lowest BCUT2D eigenvalue weighted by atomic mass is 9.84. The molecule has 1 N–H and O–H groups in total. The highest BCUT2D eigenvalue weighted by molar-refractivity contribution is 5.47. The summed E-state index contributed by atoms with van der Waals surface area (Å²) in [6.07, 6.45) is 6.88. The summed E-state index contributed by atoms with van der Waals surface area (Å²) in [6.45, 7) is 3.28. The van der Waals surface area contributed by atoms with Gasteiger partial charge in [0.25, 0.3) is 0 Å². The van der Waals surface area contributed by atoms with Gasteiger partial charge in [0.2, 0.25) is 0 Å². The minimum Gasteiger partial charge on any atom is -0.372 e. The van der Waals surface area contributed by atoms with Crippen molar-refractivity contribution in [2.24, 2.45) is 5.92 Å². The Hall–Kier alpha value is -1.02. The van der Waals surface area contributed by atoms with E-state index in [0.29, 0.717) is 0 Å². The van der Waals surface area contributed by atoms with Crippen LogP contribution in [0.15, 0.2) is 24.3 Å². The van der Waals surface area contributed by atoms with Crippen molar-refractivity contribution in [2.75, 3.05) is 19.0 Å². The molecule has 0 heterocycles. The molecule has 0 radical (unpaired) electrons. The third-order valence-electron chi connectivity index (χ3n) is 4.67. The second-order valence-electron chi connectivity index (χ2n) is 5.89. The molecule has 0 bridgehead atoms. The Morgan fingerprint density at radius 1 is 1.11 bits per heavy atom. The lowest BCUT2D eigenvalue weighted by molar-refractivity contribution is 0.313. The van der Waals surface area contributed by atoms with E-state index in [1.165, 1.54) is 43.4 Å². The fourth-order valence-electron chi connectivity index (χ4n) is 3.20. The minimum absolute atomic E-state index is 0.734. The van der Waals surface area contributed by atoms with Gasteiger partial charge in [0.15, 0.2) is 0 Å². The van der Waals surface area contributed by atoms with Crippen LogP contribution in [0.4, 0.5) is 5.69 Å². The van der Waals surface area contributed by atoms with Crippen molar-refractivity contribution in [2.45, 2.75) is 51.6 Å². The summed E-state index contributed by atoms with van der Waals surface area (Å²) in [4.78, 5) is 2.48. The van der Waals surface area contributed by atoms with E-state index in [0.717, 1.165) is 18.5 Å². The largest absolute Gasteiger partial charge is 0.372 e. The highest BCUT2D eigenvalue weighted by atomic mass is 15.1. The quantitative estimate of drug-likeness (QED) is 0.866. The fourth-order valence-corrected chi connectivity index (χ4v) is 3.20. The fraction of sp³-hybridized carbons (Fsp3) is 0.647. The standard InChI is InChI=1S/C17H28N2/c1-4-14-5-9-16(10-6-14)19(3)17-11-7-15(8-12-17)13-18-2/h7-8,11-12,14,16,18H,4-6,9-10,13H2,1-3H3. The first-order valence-corrected chi connectivity index (χ1v) is 7.71. The van der Waals surface area contributed by atoms with Gasteiger partial charge in [-0.1, -0.05) is 25.5 Å². The van der Waals surface area contributed by atoms with E-state index in [-0.39, 0.29) is 0 Å². The van der Waals surface area contributed by atoms with Gasteiger partial charge in [-0.3, -0.25) is 0 Å². The topological polar surface area (TPSA) is 15.3 Å². The van der Waals surface area contributed by atoms with Gasteiger partial charge in [0.1, 0.15) is 0 Å². The summed E-state index contributed by atoms with van der Waals surface area (Å²) >= 11 is 0. The molecule has 2 heteroatoms. The number of hydrogen-bond donors (Lipinski definition) is 1. The SMILES string of the molecule is CCC1CCC(N(C)c2ccc(CNC)cc2)CC1. The molecule has 1 aliphatic rings.